The minimum atomic E-state index is -0.515. The van der Waals surface area contributed by atoms with Crippen molar-refractivity contribution in [1.29, 1.82) is 5.26 Å². The van der Waals surface area contributed by atoms with E-state index in [0.717, 1.165) is 5.56 Å². The van der Waals surface area contributed by atoms with E-state index in [1.54, 1.807) is 11.4 Å². The Morgan fingerprint density at radius 2 is 1.93 bits per heavy atom. The van der Waals surface area contributed by atoms with Gasteiger partial charge in [-0.15, -0.1) is 11.3 Å². The van der Waals surface area contributed by atoms with Gasteiger partial charge in [0, 0.05) is 18.0 Å². The normalized spacial score (nSPS) is 10.9. The number of hydrogen-bond donors (Lipinski definition) is 1. The van der Waals surface area contributed by atoms with Gasteiger partial charge in [0.15, 0.2) is 5.13 Å². The molecule has 0 bridgehead atoms. The molecule has 0 saturated heterocycles. The van der Waals surface area contributed by atoms with Crippen molar-refractivity contribution in [3.63, 3.8) is 0 Å². The highest BCUT2D eigenvalue weighted by Gasteiger charge is 2.18. The van der Waals surface area contributed by atoms with Crippen molar-refractivity contribution in [2.75, 3.05) is 10.2 Å². The lowest BCUT2D eigenvalue weighted by Crippen LogP contribution is -2.22. The van der Waals surface area contributed by atoms with Gasteiger partial charge in [0.1, 0.15) is 11.6 Å². The molecule has 0 spiro atoms. The van der Waals surface area contributed by atoms with E-state index in [1.807, 2.05) is 61.5 Å². The molecule has 0 unspecified atom stereocenters. The number of nitrogens with one attached hydrogen (secondary N) is 1. The van der Waals surface area contributed by atoms with E-state index in [1.165, 1.54) is 29.2 Å². The third kappa shape index (κ3) is 4.94. The fourth-order valence-corrected chi connectivity index (χ4v) is 3.51. The van der Waals surface area contributed by atoms with Crippen LogP contribution in [0.2, 0.25) is 0 Å². The summed E-state index contributed by atoms with van der Waals surface area (Å²) in [4.78, 5) is 30.5. The molecular weight excluding hydrogens is 384 g/mol. The maximum Gasteiger partial charge on any atom is 0.266 e. The van der Waals surface area contributed by atoms with Crippen LogP contribution in [0.5, 0.6) is 0 Å². The number of carbonyl (C=O) groups is 2. The van der Waals surface area contributed by atoms with Gasteiger partial charge in [-0.1, -0.05) is 30.3 Å². The topological polar surface area (TPSA) is 86.1 Å². The zero-order chi connectivity index (χ0) is 20.8. The first-order valence-electron chi connectivity index (χ1n) is 8.79. The van der Waals surface area contributed by atoms with Crippen molar-refractivity contribution < 1.29 is 9.59 Å². The van der Waals surface area contributed by atoms with Gasteiger partial charge in [-0.25, -0.2) is 4.98 Å². The Morgan fingerprint density at radius 1 is 1.17 bits per heavy atom. The zero-order valence-corrected chi connectivity index (χ0v) is 16.7. The van der Waals surface area contributed by atoms with Crippen molar-refractivity contribution in [3.8, 4) is 6.07 Å². The lowest BCUT2D eigenvalue weighted by Gasteiger charge is -2.17. The van der Waals surface area contributed by atoms with Crippen LogP contribution >= 0.6 is 11.3 Å². The molecule has 7 heteroatoms. The fraction of sp³-hybridized carbons (Fsp3) is 0.0909. The SMILES string of the molecule is CC(=O)N(c1ccccc1)c1nc(/C=C(\C#N)C(=O)Nc2cccc(C)c2)cs1. The number of nitrogens with zero attached hydrogens (tertiary/aromatic N) is 3. The molecule has 0 radical (unpaired) electrons. The Hall–Kier alpha value is -3.76. The molecular formula is C22H18N4O2S. The molecule has 0 aliphatic heterocycles. The Labute approximate surface area is 172 Å². The molecule has 0 fully saturated rings. The second-order valence-electron chi connectivity index (χ2n) is 6.24. The number of para-hydroxylation sites is 1. The number of nitriles is 1. The Kier molecular flexibility index (Phi) is 6.17. The summed E-state index contributed by atoms with van der Waals surface area (Å²) in [6, 6.07) is 18.4. The predicted molar refractivity (Wildman–Crippen MR) is 115 cm³/mol. The summed E-state index contributed by atoms with van der Waals surface area (Å²) in [5.41, 5.74) is 2.67. The number of aryl methyl sites for hydroxylation is 1. The van der Waals surface area contributed by atoms with Crippen LogP contribution in [-0.2, 0) is 9.59 Å². The maximum absolute atomic E-state index is 12.4. The average molecular weight is 402 g/mol. The van der Waals surface area contributed by atoms with E-state index in [9.17, 15) is 14.9 Å². The number of carbonyl (C=O) groups excluding carboxylic acids is 2. The van der Waals surface area contributed by atoms with Gasteiger partial charge in [0.05, 0.1) is 11.4 Å². The van der Waals surface area contributed by atoms with Gasteiger partial charge in [-0.2, -0.15) is 5.26 Å². The Balaban J connectivity index is 1.84. The smallest absolute Gasteiger partial charge is 0.266 e. The maximum atomic E-state index is 12.4. The molecule has 0 atom stereocenters. The van der Waals surface area contributed by atoms with Crippen LogP contribution in [0.25, 0.3) is 6.08 Å². The first-order chi connectivity index (χ1) is 14.0. The van der Waals surface area contributed by atoms with Crippen molar-refractivity contribution in [2.45, 2.75) is 13.8 Å². The Morgan fingerprint density at radius 3 is 2.59 bits per heavy atom. The monoisotopic (exact) mass is 402 g/mol. The molecule has 29 heavy (non-hydrogen) atoms. The second-order valence-corrected chi connectivity index (χ2v) is 7.07. The summed E-state index contributed by atoms with van der Waals surface area (Å²) in [5, 5.41) is 14.3. The summed E-state index contributed by atoms with van der Waals surface area (Å²) in [6.45, 7) is 3.38. The number of rotatable bonds is 5. The molecule has 1 heterocycles. The second kappa shape index (κ2) is 8.95. The number of benzene rings is 2. The first-order valence-corrected chi connectivity index (χ1v) is 9.67. The number of thiazole rings is 1. The van der Waals surface area contributed by atoms with Gasteiger partial charge in [0.2, 0.25) is 5.91 Å². The summed E-state index contributed by atoms with van der Waals surface area (Å²) in [6.07, 6.45) is 1.41. The quantitative estimate of drug-likeness (QED) is 0.496. The average Bonchev–Trinajstić information content (AvgIpc) is 3.14. The third-order valence-electron chi connectivity index (χ3n) is 3.96. The molecule has 3 aromatic rings. The van der Waals surface area contributed by atoms with Gasteiger partial charge in [-0.3, -0.25) is 14.5 Å². The van der Waals surface area contributed by atoms with E-state index in [4.69, 9.17) is 0 Å². The van der Waals surface area contributed by atoms with Crippen molar-refractivity contribution >= 4 is 45.7 Å². The molecule has 2 aromatic carbocycles. The molecule has 3 rings (SSSR count). The van der Waals surface area contributed by atoms with Gasteiger partial charge in [0.25, 0.3) is 5.91 Å². The van der Waals surface area contributed by atoms with E-state index in [-0.39, 0.29) is 11.5 Å². The third-order valence-corrected chi connectivity index (χ3v) is 4.81. The minimum absolute atomic E-state index is 0.0718. The van der Waals surface area contributed by atoms with Crippen LogP contribution < -0.4 is 10.2 Å². The molecule has 6 nitrogen and oxygen atoms in total. The molecule has 144 valence electrons. The predicted octanol–water partition coefficient (Wildman–Crippen LogP) is 4.68. The standard InChI is InChI=1S/C22H18N4O2S/c1-15-7-6-8-18(11-15)24-21(28)17(13-23)12-19-14-29-22(25-19)26(16(2)27)20-9-4-3-5-10-20/h3-12,14H,1-2H3,(H,24,28)/b17-12+. The fourth-order valence-electron chi connectivity index (χ4n) is 2.67. The van der Waals surface area contributed by atoms with Crippen LogP contribution in [0, 0.1) is 18.3 Å². The van der Waals surface area contributed by atoms with Gasteiger partial charge >= 0.3 is 0 Å². The van der Waals surface area contributed by atoms with Gasteiger partial charge in [-0.05, 0) is 42.8 Å². The lowest BCUT2D eigenvalue weighted by atomic mass is 10.2. The van der Waals surface area contributed by atoms with E-state index < -0.39 is 5.91 Å². The van der Waals surface area contributed by atoms with Crippen LogP contribution in [0.15, 0.2) is 65.6 Å². The van der Waals surface area contributed by atoms with Gasteiger partial charge < -0.3 is 5.32 Å². The summed E-state index contributed by atoms with van der Waals surface area (Å²) in [5.74, 6) is -0.696. The van der Waals surface area contributed by atoms with Crippen LogP contribution in [-0.4, -0.2) is 16.8 Å². The molecule has 2 amide bonds. The van der Waals surface area contributed by atoms with Crippen molar-refractivity contribution in [2.24, 2.45) is 0 Å². The van der Waals surface area contributed by atoms with E-state index in [2.05, 4.69) is 10.3 Å². The minimum Gasteiger partial charge on any atom is -0.321 e. The number of amides is 2. The zero-order valence-electron chi connectivity index (χ0n) is 15.9. The Bertz CT molecular complexity index is 1110. The highest BCUT2D eigenvalue weighted by Crippen LogP contribution is 2.29. The van der Waals surface area contributed by atoms with Crippen molar-refractivity contribution in [1.82, 2.24) is 4.98 Å². The first kappa shape index (κ1) is 20.0. The molecule has 0 aliphatic rings. The summed E-state index contributed by atoms with van der Waals surface area (Å²) < 4.78 is 0. The number of anilines is 3. The molecule has 0 aliphatic carbocycles. The van der Waals surface area contributed by atoms with Crippen molar-refractivity contribution in [3.05, 3.63) is 76.8 Å². The van der Waals surface area contributed by atoms with Crippen LogP contribution in [0.3, 0.4) is 0 Å². The number of hydrogen-bond acceptors (Lipinski definition) is 5. The summed E-state index contributed by atoms with van der Waals surface area (Å²) >= 11 is 1.26. The molecule has 1 N–H and O–H groups in total. The van der Waals surface area contributed by atoms with Crippen LogP contribution in [0.4, 0.5) is 16.5 Å². The largest absolute Gasteiger partial charge is 0.321 e. The van der Waals surface area contributed by atoms with E-state index >= 15 is 0 Å². The molecule has 0 saturated carbocycles. The molecule has 1 aromatic heterocycles. The van der Waals surface area contributed by atoms with E-state index in [0.29, 0.717) is 22.2 Å². The van der Waals surface area contributed by atoms with Crippen LogP contribution in [0.1, 0.15) is 18.2 Å². The highest BCUT2D eigenvalue weighted by molar-refractivity contribution is 7.14. The highest BCUT2D eigenvalue weighted by atomic mass is 32.1. The lowest BCUT2D eigenvalue weighted by molar-refractivity contribution is -0.116. The summed E-state index contributed by atoms with van der Waals surface area (Å²) in [7, 11) is 0. The number of aromatic nitrogens is 1.